The Hall–Kier alpha value is -3.14. The van der Waals surface area contributed by atoms with Gasteiger partial charge in [0.2, 0.25) is 0 Å². The fourth-order valence-electron chi connectivity index (χ4n) is 3.89. The Morgan fingerprint density at radius 3 is 2.60 bits per heavy atom. The minimum Gasteiger partial charge on any atom is -0.493 e. The van der Waals surface area contributed by atoms with E-state index in [0.29, 0.717) is 43.1 Å². The van der Waals surface area contributed by atoms with E-state index in [0.717, 1.165) is 12.8 Å². The monoisotopic (exact) mass is 600 g/mol. The summed E-state index contributed by atoms with van der Waals surface area (Å²) in [6.45, 7) is 6.06. The van der Waals surface area contributed by atoms with E-state index >= 15 is 0 Å². The topological polar surface area (TPSA) is 61.2 Å². The van der Waals surface area contributed by atoms with Crippen LogP contribution >= 0.6 is 34.3 Å². The van der Waals surface area contributed by atoms with Crippen molar-refractivity contribution in [2.45, 2.75) is 40.2 Å². The van der Waals surface area contributed by atoms with Crippen molar-refractivity contribution >= 4 is 52.2 Å². The highest BCUT2D eigenvalue weighted by Gasteiger charge is 2.23. The molecule has 40 heavy (non-hydrogen) atoms. The van der Waals surface area contributed by atoms with E-state index in [1.54, 1.807) is 50.4 Å². The van der Waals surface area contributed by atoms with Crippen molar-refractivity contribution in [2.75, 3.05) is 6.61 Å². The lowest BCUT2D eigenvalue weighted by Crippen LogP contribution is -2.32. The van der Waals surface area contributed by atoms with Crippen molar-refractivity contribution < 1.29 is 18.3 Å². The molecule has 1 aliphatic rings. The number of ether oxygens (including phenoxy) is 1. The third kappa shape index (κ3) is 6.43. The zero-order chi connectivity index (χ0) is 28.6. The molecule has 0 N–H and O–H groups in total. The standard InChI is InChI=1S/C30H27ClF2N2O3S2/c1-30(2,3)25(36)13-27-35(14-26-34-22(16-39-26)28-20(32)5-4-6-21(28)33)29(37)24(40-27)12-18-11-19(31)9-10-23(18)38-15-17-7-8-17/h4-6,9-13,16-17H,7-8,14-15H2,1-3H3/b24-12-,27-13-. The maximum atomic E-state index is 14.3. The predicted molar refractivity (Wildman–Crippen MR) is 157 cm³/mol. The van der Waals surface area contributed by atoms with Gasteiger partial charge in [0.05, 0.1) is 28.9 Å². The van der Waals surface area contributed by atoms with Gasteiger partial charge in [0.25, 0.3) is 5.56 Å². The highest BCUT2D eigenvalue weighted by molar-refractivity contribution is 7.10. The lowest BCUT2D eigenvalue weighted by molar-refractivity contribution is -0.120. The van der Waals surface area contributed by atoms with Gasteiger partial charge >= 0.3 is 0 Å². The number of carbonyl (C=O) groups excluding carboxylic acids is 1. The van der Waals surface area contributed by atoms with Gasteiger partial charge in [-0.05, 0) is 55.2 Å². The molecular formula is C30H27ClF2N2O3S2. The van der Waals surface area contributed by atoms with E-state index in [1.165, 1.54) is 51.5 Å². The molecule has 0 radical (unpaired) electrons. The molecule has 0 amide bonds. The smallest absolute Gasteiger partial charge is 0.269 e. The zero-order valence-electron chi connectivity index (χ0n) is 22.2. The second-order valence-corrected chi connectivity index (χ2v) is 13.2. The fourth-order valence-corrected chi connectivity index (χ4v) is 5.88. The lowest BCUT2D eigenvalue weighted by Gasteiger charge is -2.12. The van der Waals surface area contributed by atoms with Crippen molar-refractivity contribution in [3.05, 3.63) is 88.6 Å². The van der Waals surface area contributed by atoms with Gasteiger partial charge in [-0.3, -0.25) is 14.2 Å². The molecule has 0 aliphatic heterocycles. The zero-order valence-corrected chi connectivity index (χ0v) is 24.6. The van der Waals surface area contributed by atoms with Gasteiger partial charge in [-0.2, -0.15) is 0 Å². The molecule has 1 fully saturated rings. The molecule has 0 atom stereocenters. The van der Waals surface area contributed by atoms with Crippen LogP contribution in [-0.2, 0) is 11.3 Å². The number of carbonyl (C=O) groups is 1. The summed E-state index contributed by atoms with van der Waals surface area (Å²) in [5.74, 6) is -0.394. The quantitative estimate of drug-likeness (QED) is 0.248. The number of hydrogen-bond donors (Lipinski definition) is 0. The summed E-state index contributed by atoms with van der Waals surface area (Å²) in [4.78, 5) is 31.0. The van der Waals surface area contributed by atoms with Gasteiger partial charge in [-0.1, -0.05) is 38.4 Å². The number of halogens is 3. The van der Waals surface area contributed by atoms with Crippen LogP contribution in [0.5, 0.6) is 5.75 Å². The second-order valence-electron chi connectivity index (χ2n) is 10.8. The van der Waals surface area contributed by atoms with Crippen molar-refractivity contribution in [3.63, 3.8) is 0 Å². The Morgan fingerprint density at radius 2 is 1.93 bits per heavy atom. The van der Waals surface area contributed by atoms with Crippen LogP contribution in [0.3, 0.4) is 0 Å². The number of Topliss-reactive ketones (excluding diaryl/α,β-unsaturated/α-hetero) is 1. The lowest BCUT2D eigenvalue weighted by atomic mass is 9.91. The SMILES string of the molecule is CC(C)(C)C(=O)/C=c1\s/c(=C\c2cc(Cl)ccc2OCC2CC2)c(=O)n1Cc1nc(-c2c(F)cccc2F)cs1. The molecule has 2 aromatic carbocycles. The molecule has 0 spiro atoms. The van der Waals surface area contributed by atoms with Crippen LogP contribution in [0.4, 0.5) is 8.78 Å². The van der Waals surface area contributed by atoms with Gasteiger partial charge in [-0.25, -0.2) is 13.8 Å². The molecule has 2 heterocycles. The Labute approximate surface area is 243 Å². The predicted octanol–water partition coefficient (Wildman–Crippen LogP) is 6.03. The number of rotatable bonds is 8. The molecule has 5 rings (SSSR count). The molecular weight excluding hydrogens is 574 g/mol. The summed E-state index contributed by atoms with van der Waals surface area (Å²) < 4.78 is 37.0. The maximum absolute atomic E-state index is 14.3. The highest BCUT2D eigenvalue weighted by atomic mass is 35.5. The van der Waals surface area contributed by atoms with E-state index in [2.05, 4.69) is 4.98 Å². The van der Waals surface area contributed by atoms with Gasteiger partial charge in [-0.15, -0.1) is 22.7 Å². The summed E-state index contributed by atoms with van der Waals surface area (Å²) in [6, 6.07) is 8.92. The summed E-state index contributed by atoms with van der Waals surface area (Å²) >= 11 is 8.64. The fraction of sp³-hybridized carbons (Fsp3) is 0.300. The van der Waals surface area contributed by atoms with Crippen molar-refractivity contribution in [2.24, 2.45) is 11.3 Å². The van der Waals surface area contributed by atoms with Gasteiger partial charge in [0.15, 0.2) is 5.78 Å². The molecule has 4 aromatic rings. The first-order valence-corrected chi connectivity index (χ1v) is 14.9. The molecule has 10 heteroatoms. The molecule has 0 unspecified atom stereocenters. The van der Waals surface area contributed by atoms with Crippen LogP contribution in [0, 0.1) is 23.0 Å². The first kappa shape index (κ1) is 28.4. The van der Waals surface area contributed by atoms with Crippen molar-refractivity contribution in [3.8, 4) is 17.0 Å². The largest absolute Gasteiger partial charge is 0.493 e. The molecule has 0 saturated heterocycles. The average Bonchev–Trinajstić information content (AvgIpc) is 3.54. The molecule has 2 aromatic heterocycles. The minimum atomic E-state index is -0.715. The van der Waals surface area contributed by atoms with E-state index in [4.69, 9.17) is 16.3 Å². The minimum absolute atomic E-state index is 0.0355. The maximum Gasteiger partial charge on any atom is 0.269 e. The number of benzene rings is 2. The second kappa shape index (κ2) is 11.4. The van der Waals surface area contributed by atoms with Gasteiger partial charge in [0.1, 0.15) is 27.1 Å². The first-order valence-electron chi connectivity index (χ1n) is 12.8. The van der Waals surface area contributed by atoms with Crippen molar-refractivity contribution in [1.82, 2.24) is 9.55 Å². The summed E-state index contributed by atoms with van der Waals surface area (Å²) in [6.07, 6.45) is 5.48. The van der Waals surface area contributed by atoms with Crippen LogP contribution in [0.25, 0.3) is 23.4 Å². The van der Waals surface area contributed by atoms with Crippen LogP contribution < -0.4 is 19.5 Å². The Kier molecular flexibility index (Phi) is 8.08. The van der Waals surface area contributed by atoms with E-state index in [1.807, 2.05) is 0 Å². The Morgan fingerprint density at radius 1 is 1.20 bits per heavy atom. The van der Waals surface area contributed by atoms with E-state index in [-0.39, 0.29) is 29.1 Å². The Bertz CT molecular complexity index is 1740. The molecule has 0 bridgehead atoms. The summed E-state index contributed by atoms with van der Waals surface area (Å²) in [5.41, 5.74) is -0.370. The average molecular weight is 601 g/mol. The molecule has 5 nitrogen and oxygen atoms in total. The van der Waals surface area contributed by atoms with Gasteiger partial charge < -0.3 is 4.74 Å². The summed E-state index contributed by atoms with van der Waals surface area (Å²) in [5, 5.41) is 2.53. The van der Waals surface area contributed by atoms with Crippen LogP contribution in [0.15, 0.2) is 46.6 Å². The molecule has 208 valence electrons. The molecule has 1 aliphatic carbocycles. The number of hydrogen-bond acceptors (Lipinski definition) is 6. The van der Waals surface area contributed by atoms with Crippen molar-refractivity contribution in [1.29, 1.82) is 0 Å². The number of ketones is 1. The normalized spacial score (nSPS) is 14.7. The van der Waals surface area contributed by atoms with Crippen LogP contribution in [-0.4, -0.2) is 21.9 Å². The van der Waals surface area contributed by atoms with E-state index in [9.17, 15) is 18.4 Å². The van der Waals surface area contributed by atoms with Crippen LogP contribution in [0.2, 0.25) is 5.02 Å². The first-order chi connectivity index (χ1) is 19.0. The third-order valence-corrected chi connectivity index (χ3v) is 8.55. The number of nitrogens with zero attached hydrogens (tertiary/aromatic N) is 2. The molecule has 1 saturated carbocycles. The summed E-state index contributed by atoms with van der Waals surface area (Å²) in [7, 11) is 0. The number of thiazole rings is 2. The Balaban J connectivity index is 1.58. The van der Waals surface area contributed by atoms with E-state index < -0.39 is 17.0 Å². The van der Waals surface area contributed by atoms with Gasteiger partial charge in [0, 0.05) is 27.5 Å². The number of aromatic nitrogens is 2. The third-order valence-electron chi connectivity index (χ3n) is 6.42. The highest BCUT2D eigenvalue weighted by Crippen LogP contribution is 2.31. The van der Waals surface area contributed by atoms with Crippen LogP contribution in [0.1, 0.15) is 44.2 Å².